The molecule has 0 fully saturated rings. The van der Waals surface area contributed by atoms with Crippen LogP contribution in [0.4, 0.5) is 0 Å². The van der Waals surface area contributed by atoms with Gasteiger partial charge in [-0.3, -0.25) is 4.79 Å². The number of carbonyl (C=O) groups excluding carboxylic acids is 1. The maximum atomic E-state index is 12.1. The minimum Gasteiger partial charge on any atom is -0.497 e. The number of pyridine rings is 1. The predicted molar refractivity (Wildman–Crippen MR) is 85.3 cm³/mol. The monoisotopic (exact) mass is 299 g/mol. The zero-order valence-corrected chi connectivity index (χ0v) is 13.4. The van der Waals surface area contributed by atoms with Gasteiger partial charge in [0.05, 0.1) is 13.3 Å². The first-order chi connectivity index (χ1) is 10.4. The molecule has 0 N–H and O–H groups in total. The van der Waals surface area contributed by atoms with Crippen molar-refractivity contribution in [2.24, 2.45) is 5.41 Å². The van der Waals surface area contributed by atoms with Crippen LogP contribution in [-0.4, -0.2) is 17.9 Å². The lowest BCUT2D eigenvalue weighted by atomic mass is 9.89. The first kappa shape index (κ1) is 16.0. The molecule has 1 aromatic heterocycles. The number of Topliss-reactive ketones (excluding diaryl/α,β-unsaturated/α-hetero) is 1. The van der Waals surface area contributed by atoms with E-state index in [9.17, 15) is 4.79 Å². The average Bonchev–Trinajstić information content (AvgIpc) is 2.52. The first-order valence-electron chi connectivity index (χ1n) is 7.17. The molecule has 0 aliphatic rings. The summed E-state index contributed by atoms with van der Waals surface area (Å²) in [6.45, 7) is 6.08. The van der Waals surface area contributed by atoms with Gasteiger partial charge in [-0.2, -0.15) is 0 Å². The molecular formula is C18H21NO3. The highest BCUT2D eigenvalue weighted by molar-refractivity contribution is 5.98. The van der Waals surface area contributed by atoms with Crippen molar-refractivity contribution < 1.29 is 14.3 Å². The molecule has 22 heavy (non-hydrogen) atoms. The Kier molecular flexibility index (Phi) is 4.81. The molecule has 4 nitrogen and oxygen atoms in total. The van der Waals surface area contributed by atoms with Crippen molar-refractivity contribution in [2.75, 3.05) is 7.11 Å². The van der Waals surface area contributed by atoms with E-state index >= 15 is 0 Å². The summed E-state index contributed by atoms with van der Waals surface area (Å²) in [6, 6.07) is 11.2. The Morgan fingerprint density at radius 3 is 2.18 bits per heavy atom. The van der Waals surface area contributed by atoms with Gasteiger partial charge in [-0.1, -0.05) is 32.9 Å². The quantitative estimate of drug-likeness (QED) is 0.786. The molecule has 0 radical (unpaired) electrons. The predicted octanol–water partition coefficient (Wildman–Crippen LogP) is 3.90. The maximum absolute atomic E-state index is 12.1. The lowest BCUT2D eigenvalue weighted by molar-refractivity contribution is 0.0853. The number of carbonyl (C=O) groups is 1. The summed E-state index contributed by atoms with van der Waals surface area (Å²) in [6.07, 6.45) is 1.59. The average molecular weight is 299 g/mol. The number of hydrogen-bond donors (Lipinski definition) is 0. The summed E-state index contributed by atoms with van der Waals surface area (Å²) < 4.78 is 10.8. The Morgan fingerprint density at radius 1 is 1.05 bits per heavy atom. The van der Waals surface area contributed by atoms with Gasteiger partial charge in [-0.15, -0.1) is 0 Å². The Labute approximate surface area is 131 Å². The molecule has 116 valence electrons. The number of aromatic nitrogens is 1. The smallest absolute Gasteiger partial charge is 0.186 e. The van der Waals surface area contributed by atoms with Crippen molar-refractivity contribution in [3.8, 4) is 11.5 Å². The van der Waals surface area contributed by atoms with E-state index < -0.39 is 5.41 Å². The Hall–Kier alpha value is -2.36. The fourth-order valence-electron chi connectivity index (χ4n) is 1.87. The number of benzene rings is 1. The van der Waals surface area contributed by atoms with Crippen LogP contribution >= 0.6 is 0 Å². The Morgan fingerprint density at radius 2 is 1.68 bits per heavy atom. The summed E-state index contributed by atoms with van der Waals surface area (Å²) >= 11 is 0. The van der Waals surface area contributed by atoms with Crippen LogP contribution in [0, 0.1) is 5.41 Å². The molecule has 0 unspecified atom stereocenters. The van der Waals surface area contributed by atoms with Crippen LogP contribution in [0.2, 0.25) is 0 Å². The standard InChI is InChI=1S/C18H21NO3/c1-18(2,3)17(20)16-10-9-15(11-19-16)22-12-13-5-7-14(21-4)8-6-13/h5-11H,12H2,1-4H3. The van der Waals surface area contributed by atoms with Gasteiger partial charge < -0.3 is 9.47 Å². The number of hydrogen-bond acceptors (Lipinski definition) is 4. The van der Waals surface area contributed by atoms with Crippen LogP contribution in [0.25, 0.3) is 0 Å². The molecule has 4 heteroatoms. The summed E-state index contributed by atoms with van der Waals surface area (Å²) in [7, 11) is 1.64. The number of methoxy groups -OCH3 is 1. The van der Waals surface area contributed by atoms with Gasteiger partial charge >= 0.3 is 0 Å². The molecular weight excluding hydrogens is 278 g/mol. The molecule has 0 saturated carbocycles. The normalized spacial score (nSPS) is 11.1. The molecule has 0 spiro atoms. The second kappa shape index (κ2) is 6.60. The van der Waals surface area contributed by atoms with Crippen molar-refractivity contribution >= 4 is 5.78 Å². The van der Waals surface area contributed by atoms with Crippen molar-refractivity contribution in [3.05, 3.63) is 53.9 Å². The van der Waals surface area contributed by atoms with Crippen molar-refractivity contribution in [2.45, 2.75) is 27.4 Å². The van der Waals surface area contributed by atoms with E-state index in [1.807, 2.05) is 45.0 Å². The first-order valence-corrected chi connectivity index (χ1v) is 7.17. The van der Waals surface area contributed by atoms with Gasteiger partial charge in [0.2, 0.25) is 0 Å². The van der Waals surface area contributed by atoms with Crippen LogP contribution in [0.1, 0.15) is 36.8 Å². The number of ether oxygens (including phenoxy) is 2. The second-order valence-electron chi connectivity index (χ2n) is 6.10. The van der Waals surface area contributed by atoms with Crippen LogP contribution in [0.3, 0.4) is 0 Å². The molecule has 0 atom stereocenters. The molecule has 0 aliphatic carbocycles. The fourth-order valence-corrected chi connectivity index (χ4v) is 1.87. The van der Waals surface area contributed by atoms with Crippen LogP contribution in [0.15, 0.2) is 42.6 Å². The Balaban J connectivity index is 1.97. The van der Waals surface area contributed by atoms with Gasteiger partial charge in [0.1, 0.15) is 23.8 Å². The summed E-state index contributed by atoms with van der Waals surface area (Å²) in [4.78, 5) is 16.3. The van der Waals surface area contributed by atoms with E-state index in [0.29, 0.717) is 18.1 Å². The van der Waals surface area contributed by atoms with Crippen molar-refractivity contribution in [1.29, 1.82) is 0 Å². The van der Waals surface area contributed by atoms with Crippen molar-refractivity contribution in [1.82, 2.24) is 4.98 Å². The Bertz CT molecular complexity index is 625. The summed E-state index contributed by atoms with van der Waals surface area (Å²) in [5, 5.41) is 0. The zero-order chi connectivity index (χ0) is 16.2. The zero-order valence-electron chi connectivity index (χ0n) is 13.4. The highest BCUT2D eigenvalue weighted by Crippen LogP contribution is 2.21. The molecule has 1 aromatic carbocycles. The number of ketones is 1. The minimum absolute atomic E-state index is 0.0224. The highest BCUT2D eigenvalue weighted by Gasteiger charge is 2.23. The molecule has 0 amide bonds. The molecule has 0 aliphatic heterocycles. The lowest BCUT2D eigenvalue weighted by Crippen LogP contribution is -2.21. The highest BCUT2D eigenvalue weighted by atomic mass is 16.5. The SMILES string of the molecule is COc1ccc(COc2ccc(C(=O)C(C)(C)C)nc2)cc1. The van der Waals surface area contributed by atoms with E-state index in [1.54, 1.807) is 25.4 Å². The largest absolute Gasteiger partial charge is 0.497 e. The lowest BCUT2D eigenvalue weighted by Gasteiger charge is -2.15. The topological polar surface area (TPSA) is 48.4 Å². The van der Waals surface area contributed by atoms with Gasteiger partial charge in [0.15, 0.2) is 5.78 Å². The van der Waals surface area contributed by atoms with Crippen molar-refractivity contribution in [3.63, 3.8) is 0 Å². The number of nitrogens with zero attached hydrogens (tertiary/aromatic N) is 1. The summed E-state index contributed by atoms with van der Waals surface area (Å²) in [5.74, 6) is 1.48. The third-order valence-corrected chi connectivity index (χ3v) is 3.21. The maximum Gasteiger partial charge on any atom is 0.186 e. The third-order valence-electron chi connectivity index (χ3n) is 3.21. The van der Waals surface area contributed by atoms with Crippen LogP contribution in [-0.2, 0) is 6.61 Å². The van der Waals surface area contributed by atoms with E-state index in [-0.39, 0.29) is 5.78 Å². The second-order valence-corrected chi connectivity index (χ2v) is 6.10. The molecule has 1 heterocycles. The molecule has 0 bridgehead atoms. The van der Waals surface area contributed by atoms with Gasteiger partial charge in [0, 0.05) is 5.41 Å². The summed E-state index contributed by atoms with van der Waals surface area (Å²) in [5.41, 5.74) is 1.07. The number of rotatable bonds is 5. The van der Waals surface area contributed by atoms with Crippen LogP contribution in [0.5, 0.6) is 11.5 Å². The van der Waals surface area contributed by atoms with E-state index in [0.717, 1.165) is 11.3 Å². The van der Waals surface area contributed by atoms with Gasteiger partial charge in [0.25, 0.3) is 0 Å². The fraction of sp³-hybridized carbons (Fsp3) is 0.333. The van der Waals surface area contributed by atoms with E-state index in [1.165, 1.54) is 0 Å². The van der Waals surface area contributed by atoms with Gasteiger partial charge in [-0.05, 0) is 29.8 Å². The van der Waals surface area contributed by atoms with Gasteiger partial charge in [-0.25, -0.2) is 4.98 Å². The van der Waals surface area contributed by atoms with Crippen LogP contribution < -0.4 is 9.47 Å². The van der Waals surface area contributed by atoms with E-state index in [2.05, 4.69) is 4.98 Å². The minimum atomic E-state index is -0.432. The molecule has 2 rings (SSSR count). The molecule has 2 aromatic rings. The third kappa shape index (κ3) is 4.07. The molecule has 0 saturated heterocycles. The van der Waals surface area contributed by atoms with E-state index in [4.69, 9.17) is 9.47 Å².